The summed E-state index contributed by atoms with van der Waals surface area (Å²) in [4.78, 5) is 13.1. The van der Waals surface area contributed by atoms with Gasteiger partial charge in [-0.3, -0.25) is 0 Å². The Balaban J connectivity index is 2.30. The zero-order chi connectivity index (χ0) is 11.5. The molecule has 0 aromatic heterocycles. The highest BCUT2D eigenvalue weighted by atomic mass is 16.5. The molecule has 1 atom stereocenters. The summed E-state index contributed by atoms with van der Waals surface area (Å²) >= 11 is 0. The van der Waals surface area contributed by atoms with Crippen LogP contribution in [0.1, 0.15) is 5.56 Å². The van der Waals surface area contributed by atoms with Gasteiger partial charge in [-0.25, -0.2) is 0 Å². The van der Waals surface area contributed by atoms with Crippen molar-refractivity contribution in [2.45, 2.75) is 13.0 Å². The lowest BCUT2D eigenvalue weighted by Crippen LogP contribution is -2.46. The molecular formula is C12H16N2O2. The van der Waals surface area contributed by atoms with Crippen molar-refractivity contribution >= 4 is 17.7 Å². The zero-order valence-electron chi connectivity index (χ0n) is 9.35. The fourth-order valence-electron chi connectivity index (χ4n) is 2.04. The second-order valence-corrected chi connectivity index (χ2v) is 4.02. The number of aryl methyl sites for hydroxylation is 1. The fourth-order valence-corrected chi connectivity index (χ4v) is 2.04. The first-order valence-corrected chi connectivity index (χ1v) is 5.38. The number of nitrogens with zero attached hydrogens (tertiary/aromatic N) is 1. The summed E-state index contributed by atoms with van der Waals surface area (Å²) in [5.74, 6) is 0. The number of carbonyl (C=O) groups is 1. The number of anilines is 2. The van der Waals surface area contributed by atoms with E-state index >= 15 is 0 Å². The number of rotatable bonds is 2. The molecule has 4 heteroatoms. The van der Waals surface area contributed by atoms with Crippen molar-refractivity contribution in [2.24, 2.45) is 0 Å². The maximum atomic E-state index is 11.0. The van der Waals surface area contributed by atoms with E-state index in [0.717, 1.165) is 29.8 Å². The van der Waals surface area contributed by atoms with Gasteiger partial charge in [-0.1, -0.05) is 0 Å². The molecule has 86 valence electrons. The minimum absolute atomic E-state index is 0.184. The van der Waals surface area contributed by atoms with Crippen LogP contribution in [-0.4, -0.2) is 32.1 Å². The summed E-state index contributed by atoms with van der Waals surface area (Å²) in [6.07, 6.45) is 0.939. The lowest BCUT2D eigenvalue weighted by Gasteiger charge is -2.35. The molecule has 0 bridgehead atoms. The quantitative estimate of drug-likeness (QED) is 0.596. The van der Waals surface area contributed by atoms with Crippen LogP contribution < -0.4 is 10.6 Å². The number of nitrogen functional groups attached to an aromatic ring is 1. The van der Waals surface area contributed by atoms with Crippen molar-refractivity contribution in [3.05, 3.63) is 23.8 Å². The van der Waals surface area contributed by atoms with E-state index < -0.39 is 0 Å². The number of hydrogen-bond donors (Lipinski definition) is 1. The topological polar surface area (TPSA) is 55.6 Å². The molecule has 1 unspecified atom stereocenters. The monoisotopic (exact) mass is 220 g/mol. The van der Waals surface area contributed by atoms with E-state index in [1.807, 2.05) is 25.1 Å². The number of morpholine rings is 1. The van der Waals surface area contributed by atoms with Crippen molar-refractivity contribution in [3.63, 3.8) is 0 Å². The third-order valence-corrected chi connectivity index (χ3v) is 2.85. The predicted molar refractivity (Wildman–Crippen MR) is 63.6 cm³/mol. The molecule has 1 fully saturated rings. The van der Waals surface area contributed by atoms with Gasteiger partial charge in [0.1, 0.15) is 12.3 Å². The normalized spacial score (nSPS) is 20.8. The van der Waals surface area contributed by atoms with Gasteiger partial charge in [0, 0.05) is 17.9 Å². The Morgan fingerprint density at radius 2 is 2.38 bits per heavy atom. The van der Waals surface area contributed by atoms with Gasteiger partial charge in [0.2, 0.25) is 0 Å². The Labute approximate surface area is 95.0 Å². The predicted octanol–water partition coefficient (Wildman–Crippen LogP) is 0.981. The molecule has 0 spiro atoms. The average molecular weight is 220 g/mol. The highest BCUT2D eigenvalue weighted by Crippen LogP contribution is 2.25. The van der Waals surface area contributed by atoms with Crippen LogP contribution in [0, 0.1) is 6.92 Å². The Bertz CT molecular complexity index is 393. The maximum Gasteiger partial charge on any atom is 0.144 e. The molecule has 1 aliphatic heterocycles. The van der Waals surface area contributed by atoms with Crippen LogP contribution in [-0.2, 0) is 9.53 Å². The molecule has 4 nitrogen and oxygen atoms in total. The van der Waals surface area contributed by atoms with Crippen molar-refractivity contribution in [1.82, 2.24) is 0 Å². The van der Waals surface area contributed by atoms with Crippen LogP contribution in [0.15, 0.2) is 18.2 Å². The molecule has 0 saturated carbocycles. The van der Waals surface area contributed by atoms with Gasteiger partial charge in [-0.2, -0.15) is 0 Å². The second-order valence-electron chi connectivity index (χ2n) is 4.02. The molecule has 0 radical (unpaired) electrons. The lowest BCUT2D eigenvalue weighted by molar-refractivity contribution is -0.111. The van der Waals surface area contributed by atoms with Crippen LogP contribution in [0.2, 0.25) is 0 Å². The van der Waals surface area contributed by atoms with Gasteiger partial charge in [-0.05, 0) is 30.7 Å². The molecule has 2 N–H and O–H groups in total. The number of hydrogen-bond acceptors (Lipinski definition) is 4. The van der Waals surface area contributed by atoms with Crippen LogP contribution in [0.4, 0.5) is 11.4 Å². The first-order valence-electron chi connectivity index (χ1n) is 5.38. The van der Waals surface area contributed by atoms with E-state index in [1.54, 1.807) is 0 Å². The molecule has 1 aliphatic rings. The molecular weight excluding hydrogens is 204 g/mol. The zero-order valence-corrected chi connectivity index (χ0v) is 9.35. The number of aldehydes is 1. The standard InChI is InChI=1S/C12H16N2O2/c1-9-6-10(13)2-3-12(9)14-4-5-16-8-11(14)7-15/h2-3,6-7,11H,4-5,8,13H2,1H3. The molecule has 2 rings (SSSR count). The van der Waals surface area contributed by atoms with Crippen LogP contribution >= 0.6 is 0 Å². The van der Waals surface area contributed by atoms with E-state index in [4.69, 9.17) is 10.5 Å². The number of ether oxygens (including phenoxy) is 1. The maximum absolute atomic E-state index is 11.0. The molecule has 1 saturated heterocycles. The molecule has 1 heterocycles. The van der Waals surface area contributed by atoms with Gasteiger partial charge in [0.25, 0.3) is 0 Å². The third kappa shape index (κ3) is 2.02. The van der Waals surface area contributed by atoms with Crippen molar-refractivity contribution in [2.75, 3.05) is 30.4 Å². The summed E-state index contributed by atoms with van der Waals surface area (Å²) < 4.78 is 5.29. The number of nitrogens with two attached hydrogens (primary N) is 1. The largest absolute Gasteiger partial charge is 0.399 e. The smallest absolute Gasteiger partial charge is 0.144 e. The molecule has 16 heavy (non-hydrogen) atoms. The summed E-state index contributed by atoms with van der Waals surface area (Å²) in [6, 6.07) is 5.56. The van der Waals surface area contributed by atoms with Crippen molar-refractivity contribution in [3.8, 4) is 0 Å². The van der Waals surface area contributed by atoms with Crippen LogP contribution in [0.3, 0.4) is 0 Å². The van der Waals surface area contributed by atoms with Crippen LogP contribution in [0.25, 0.3) is 0 Å². The minimum atomic E-state index is -0.184. The number of carbonyl (C=O) groups excluding carboxylic acids is 1. The highest BCUT2D eigenvalue weighted by molar-refractivity contribution is 5.69. The second kappa shape index (κ2) is 4.53. The third-order valence-electron chi connectivity index (χ3n) is 2.85. The fraction of sp³-hybridized carbons (Fsp3) is 0.417. The van der Waals surface area contributed by atoms with E-state index in [0.29, 0.717) is 13.2 Å². The Kier molecular flexibility index (Phi) is 3.10. The van der Waals surface area contributed by atoms with E-state index in [9.17, 15) is 4.79 Å². The van der Waals surface area contributed by atoms with Crippen molar-refractivity contribution in [1.29, 1.82) is 0 Å². The van der Waals surface area contributed by atoms with Gasteiger partial charge >= 0.3 is 0 Å². The summed E-state index contributed by atoms with van der Waals surface area (Å²) in [6.45, 7) is 3.87. The summed E-state index contributed by atoms with van der Waals surface area (Å²) in [5, 5.41) is 0. The molecule has 0 aliphatic carbocycles. The molecule has 0 amide bonds. The van der Waals surface area contributed by atoms with Gasteiger partial charge in [-0.15, -0.1) is 0 Å². The highest BCUT2D eigenvalue weighted by Gasteiger charge is 2.23. The van der Waals surface area contributed by atoms with Gasteiger partial charge < -0.3 is 20.2 Å². The number of benzene rings is 1. The Morgan fingerprint density at radius 1 is 1.56 bits per heavy atom. The minimum Gasteiger partial charge on any atom is -0.399 e. The average Bonchev–Trinajstić information content (AvgIpc) is 2.29. The van der Waals surface area contributed by atoms with Crippen LogP contribution in [0.5, 0.6) is 0 Å². The Hall–Kier alpha value is -1.55. The molecule has 1 aromatic carbocycles. The SMILES string of the molecule is Cc1cc(N)ccc1N1CCOCC1C=O. The summed E-state index contributed by atoms with van der Waals surface area (Å²) in [5.41, 5.74) is 8.61. The molecule has 1 aromatic rings. The van der Waals surface area contributed by atoms with Crippen molar-refractivity contribution < 1.29 is 9.53 Å². The first kappa shape index (κ1) is 11.0. The van der Waals surface area contributed by atoms with Gasteiger partial charge in [0.05, 0.1) is 13.2 Å². The van der Waals surface area contributed by atoms with Gasteiger partial charge in [0.15, 0.2) is 0 Å². The first-order chi connectivity index (χ1) is 7.72. The lowest BCUT2D eigenvalue weighted by atomic mass is 10.1. The van der Waals surface area contributed by atoms with E-state index in [2.05, 4.69) is 4.90 Å². The van der Waals surface area contributed by atoms with E-state index in [1.165, 1.54) is 0 Å². The van der Waals surface area contributed by atoms with E-state index in [-0.39, 0.29) is 6.04 Å². The Morgan fingerprint density at radius 3 is 3.06 bits per heavy atom. The summed E-state index contributed by atoms with van der Waals surface area (Å²) in [7, 11) is 0.